The Hall–Kier alpha value is -2.48. The average molecular weight is 355 g/mol. The van der Waals surface area contributed by atoms with Crippen molar-refractivity contribution in [3.63, 3.8) is 0 Å². The van der Waals surface area contributed by atoms with E-state index in [9.17, 15) is 19.3 Å². The van der Waals surface area contributed by atoms with Gasteiger partial charge in [0.15, 0.2) is 0 Å². The Kier molecular flexibility index (Phi) is 4.18. The van der Waals surface area contributed by atoms with Crippen molar-refractivity contribution in [1.82, 2.24) is 0 Å². The van der Waals surface area contributed by atoms with E-state index in [0.717, 1.165) is 18.2 Å². The monoisotopic (exact) mass is 354 g/mol. The number of aromatic carboxylic acids is 1. The first-order chi connectivity index (χ1) is 9.90. The number of carboxylic acid groups (broad SMARTS) is 1. The Bertz CT molecular complexity index is 716. The van der Waals surface area contributed by atoms with Crippen LogP contribution >= 0.6 is 15.9 Å². The molecule has 8 heteroatoms. The highest BCUT2D eigenvalue weighted by molar-refractivity contribution is 9.10. The summed E-state index contributed by atoms with van der Waals surface area (Å²) in [6.45, 7) is 0. The molecule has 0 aliphatic heterocycles. The van der Waals surface area contributed by atoms with E-state index in [1.165, 1.54) is 12.1 Å². The van der Waals surface area contributed by atoms with Crippen molar-refractivity contribution in [1.29, 1.82) is 0 Å². The second-order valence-corrected chi connectivity index (χ2v) is 4.87. The summed E-state index contributed by atoms with van der Waals surface area (Å²) >= 11 is 3.12. The molecule has 21 heavy (non-hydrogen) atoms. The number of hydrogen-bond acceptors (Lipinski definition) is 4. The van der Waals surface area contributed by atoms with Crippen molar-refractivity contribution in [2.24, 2.45) is 0 Å². The number of nitro benzene ring substituents is 1. The molecule has 0 unspecified atom stereocenters. The van der Waals surface area contributed by atoms with Crippen LogP contribution < -0.4 is 5.32 Å². The number of benzene rings is 2. The van der Waals surface area contributed by atoms with Crippen LogP contribution in [-0.2, 0) is 0 Å². The third-order valence-corrected chi connectivity index (χ3v) is 3.32. The molecule has 0 aromatic heterocycles. The fourth-order valence-electron chi connectivity index (χ4n) is 1.68. The molecular weight excluding hydrogens is 347 g/mol. The molecule has 0 saturated carbocycles. The Morgan fingerprint density at radius 2 is 2.05 bits per heavy atom. The molecule has 2 aromatic rings. The molecule has 2 N–H and O–H groups in total. The summed E-state index contributed by atoms with van der Waals surface area (Å²) in [5.74, 6) is -1.86. The first kappa shape index (κ1) is 14.9. The lowest BCUT2D eigenvalue weighted by molar-refractivity contribution is -0.383. The minimum Gasteiger partial charge on any atom is -0.478 e. The van der Waals surface area contributed by atoms with Gasteiger partial charge in [0.05, 0.1) is 16.2 Å². The molecule has 0 heterocycles. The van der Waals surface area contributed by atoms with Gasteiger partial charge in [0, 0.05) is 10.5 Å². The van der Waals surface area contributed by atoms with Crippen LogP contribution in [0, 0.1) is 15.9 Å². The number of halogens is 2. The van der Waals surface area contributed by atoms with Crippen molar-refractivity contribution in [3.8, 4) is 0 Å². The summed E-state index contributed by atoms with van der Waals surface area (Å²) < 4.78 is 14.1. The average Bonchev–Trinajstić information content (AvgIpc) is 2.42. The number of para-hydroxylation sites is 1. The Morgan fingerprint density at radius 3 is 2.62 bits per heavy atom. The van der Waals surface area contributed by atoms with Crippen LogP contribution in [-0.4, -0.2) is 16.0 Å². The lowest BCUT2D eigenvalue weighted by atomic mass is 10.1. The molecule has 108 valence electrons. The first-order valence-corrected chi connectivity index (χ1v) is 6.42. The summed E-state index contributed by atoms with van der Waals surface area (Å²) in [5, 5.41) is 22.5. The molecule has 0 saturated heterocycles. The smallest absolute Gasteiger partial charge is 0.335 e. The highest BCUT2D eigenvalue weighted by atomic mass is 79.9. The third-order valence-electron chi connectivity index (χ3n) is 2.66. The molecule has 0 atom stereocenters. The summed E-state index contributed by atoms with van der Waals surface area (Å²) in [4.78, 5) is 21.2. The minimum atomic E-state index is -1.24. The normalized spacial score (nSPS) is 10.2. The SMILES string of the molecule is O=C(O)c1ccc([N+](=O)[O-])c(Nc2c(F)cccc2Br)c1. The van der Waals surface area contributed by atoms with E-state index in [1.54, 1.807) is 6.07 Å². The molecule has 0 aliphatic carbocycles. The van der Waals surface area contributed by atoms with Crippen LogP contribution in [0.25, 0.3) is 0 Å². The van der Waals surface area contributed by atoms with E-state index in [2.05, 4.69) is 21.2 Å². The van der Waals surface area contributed by atoms with Gasteiger partial charge in [0.25, 0.3) is 5.69 Å². The van der Waals surface area contributed by atoms with Gasteiger partial charge in [0.2, 0.25) is 0 Å². The van der Waals surface area contributed by atoms with E-state index < -0.39 is 16.7 Å². The minimum absolute atomic E-state index is 0.0110. The lowest BCUT2D eigenvalue weighted by Crippen LogP contribution is -2.03. The molecule has 0 radical (unpaired) electrons. The number of nitrogens with one attached hydrogen (secondary N) is 1. The van der Waals surface area contributed by atoms with E-state index >= 15 is 0 Å². The third kappa shape index (κ3) is 3.16. The number of carbonyl (C=O) groups is 1. The summed E-state index contributed by atoms with van der Waals surface area (Å²) in [6, 6.07) is 7.45. The second-order valence-electron chi connectivity index (χ2n) is 4.02. The maximum absolute atomic E-state index is 13.7. The van der Waals surface area contributed by atoms with Gasteiger partial charge in [0.1, 0.15) is 11.5 Å². The predicted octanol–water partition coefficient (Wildman–Crippen LogP) is 3.94. The molecular formula is C13H8BrFN2O4. The summed E-state index contributed by atoms with van der Waals surface area (Å²) in [5.41, 5.74) is -0.612. The van der Waals surface area contributed by atoms with Crippen molar-refractivity contribution >= 4 is 39.0 Å². The fourth-order valence-corrected chi connectivity index (χ4v) is 2.12. The Morgan fingerprint density at radius 1 is 1.33 bits per heavy atom. The van der Waals surface area contributed by atoms with E-state index in [1.807, 2.05) is 0 Å². The highest BCUT2D eigenvalue weighted by Gasteiger charge is 2.18. The van der Waals surface area contributed by atoms with Crippen LogP contribution in [0.2, 0.25) is 0 Å². The first-order valence-electron chi connectivity index (χ1n) is 5.63. The maximum Gasteiger partial charge on any atom is 0.335 e. The topological polar surface area (TPSA) is 92.5 Å². The lowest BCUT2D eigenvalue weighted by Gasteiger charge is -2.10. The number of hydrogen-bond donors (Lipinski definition) is 2. The zero-order valence-corrected chi connectivity index (χ0v) is 11.9. The molecule has 2 rings (SSSR count). The number of nitrogens with zero attached hydrogens (tertiary/aromatic N) is 1. The van der Waals surface area contributed by atoms with Crippen molar-refractivity contribution in [3.05, 3.63) is 62.4 Å². The van der Waals surface area contributed by atoms with Crippen LogP contribution in [0.5, 0.6) is 0 Å². The standard InChI is InChI=1S/C13H8BrFN2O4/c14-8-2-1-3-9(15)12(8)16-10-6-7(13(18)19)4-5-11(10)17(20)21/h1-6,16H,(H,18,19). The van der Waals surface area contributed by atoms with E-state index in [4.69, 9.17) is 5.11 Å². The Balaban J connectivity index is 2.53. The molecule has 0 amide bonds. The fraction of sp³-hybridized carbons (Fsp3) is 0. The quantitative estimate of drug-likeness (QED) is 0.640. The zero-order valence-electron chi connectivity index (χ0n) is 10.3. The maximum atomic E-state index is 13.7. The molecule has 6 nitrogen and oxygen atoms in total. The number of carboxylic acids is 1. The number of nitro groups is 1. The molecule has 2 aromatic carbocycles. The predicted molar refractivity (Wildman–Crippen MR) is 77.4 cm³/mol. The van der Waals surface area contributed by atoms with Crippen LogP contribution in [0.3, 0.4) is 0 Å². The highest BCUT2D eigenvalue weighted by Crippen LogP contribution is 2.33. The molecule has 0 fully saturated rings. The number of rotatable bonds is 4. The van der Waals surface area contributed by atoms with Gasteiger partial charge >= 0.3 is 5.97 Å². The summed E-state index contributed by atoms with van der Waals surface area (Å²) in [7, 11) is 0. The molecule has 0 aliphatic rings. The van der Waals surface area contributed by atoms with Crippen LogP contribution in [0.1, 0.15) is 10.4 Å². The van der Waals surface area contributed by atoms with Gasteiger partial charge in [-0.3, -0.25) is 10.1 Å². The van der Waals surface area contributed by atoms with Gasteiger partial charge in [-0.15, -0.1) is 0 Å². The van der Waals surface area contributed by atoms with Gasteiger partial charge < -0.3 is 10.4 Å². The van der Waals surface area contributed by atoms with E-state index in [-0.39, 0.29) is 22.6 Å². The van der Waals surface area contributed by atoms with E-state index in [0.29, 0.717) is 4.47 Å². The summed E-state index contributed by atoms with van der Waals surface area (Å²) in [6.07, 6.45) is 0. The molecule has 0 bridgehead atoms. The van der Waals surface area contributed by atoms with Gasteiger partial charge in [-0.05, 0) is 40.2 Å². The van der Waals surface area contributed by atoms with Crippen LogP contribution in [0.15, 0.2) is 40.9 Å². The van der Waals surface area contributed by atoms with Gasteiger partial charge in [-0.2, -0.15) is 0 Å². The molecule has 0 spiro atoms. The van der Waals surface area contributed by atoms with Crippen molar-refractivity contribution in [2.75, 3.05) is 5.32 Å². The number of anilines is 2. The zero-order chi connectivity index (χ0) is 15.6. The van der Waals surface area contributed by atoms with Crippen LogP contribution in [0.4, 0.5) is 21.5 Å². The van der Waals surface area contributed by atoms with Gasteiger partial charge in [-0.1, -0.05) is 6.07 Å². The van der Waals surface area contributed by atoms with Gasteiger partial charge in [-0.25, -0.2) is 9.18 Å². The van der Waals surface area contributed by atoms with Crippen molar-refractivity contribution in [2.45, 2.75) is 0 Å². The largest absolute Gasteiger partial charge is 0.478 e. The Labute approximate surface area is 126 Å². The van der Waals surface area contributed by atoms with Crippen molar-refractivity contribution < 1.29 is 19.2 Å². The second kappa shape index (κ2) is 5.88.